The van der Waals surface area contributed by atoms with Crippen LogP contribution < -0.4 is 10.6 Å². The molecule has 7 nitrogen and oxygen atoms in total. The van der Waals surface area contributed by atoms with E-state index in [1.54, 1.807) is 0 Å². The maximum atomic E-state index is 12.2. The number of hydrogen-bond acceptors (Lipinski definition) is 4. The molecular formula is C21H18ClN3O4. The van der Waals surface area contributed by atoms with Gasteiger partial charge >= 0.3 is 0 Å². The monoisotopic (exact) mass is 411 g/mol. The molecule has 0 radical (unpaired) electrons. The van der Waals surface area contributed by atoms with Crippen molar-refractivity contribution < 1.29 is 14.5 Å². The summed E-state index contributed by atoms with van der Waals surface area (Å²) in [4.78, 5) is 34.6. The standard InChI is InChI=1S/C21H18ClN3O4/c1-13(15-7-6-14-4-2-3-5-16(14)10-15)24-20(26)12-23-21(27)17-8-9-18(22)19(11-17)25(28)29/h2-11,13H,12H2,1H3,(H,23,27)(H,24,26)/t13-/m0/s1. The number of nitro benzene ring substituents is 1. The first-order valence-electron chi connectivity index (χ1n) is 8.85. The Balaban J connectivity index is 1.59. The predicted octanol–water partition coefficient (Wildman–Crippen LogP) is 4.01. The van der Waals surface area contributed by atoms with Crippen molar-refractivity contribution in [1.29, 1.82) is 0 Å². The normalized spacial score (nSPS) is 11.7. The Labute approximate surface area is 171 Å². The summed E-state index contributed by atoms with van der Waals surface area (Å²) in [6, 6.07) is 17.3. The van der Waals surface area contributed by atoms with E-state index in [2.05, 4.69) is 10.6 Å². The van der Waals surface area contributed by atoms with Crippen molar-refractivity contribution >= 4 is 39.9 Å². The van der Waals surface area contributed by atoms with Gasteiger partial charge in [-0.15, -0.1) is 0 Å². The average Bonchev–Trinajstić information content (AvgIpc) is 2.71. The van der Waals surface area contributed by atoms with Crippen molar-refractivity contribution in [2.75, 3.05) is 6.54 Å². The number of carbonyl (C=O) groups is 2. The van der Waals surface area contributed by atoms with Gasteiger partial charge < -0.3 is 10.6 Å². The van der Waals surface area contributed by atoms with Gasteiger partial charge in [-0.2, -0.15) is 0 Å². The molecule has 0 fully saturated rings. The first-order chi connectivity index (χ1) is 13.8. The van der Waals surface area contributed by atoms with Crippen LogP contribution in [0.1, 0.15) is 28.9 Å². The highest BCUT2D eigenvalue weighted by atomic mass is 35.5. The average molecular weight is 412 g/mol. The van der Waals surface area contributed by atoms with Crippen LogP contribution in [0.25, 0.3) is 10.8 Å². The van der Waals surface area contributed by atoms with Crippen LogP contribution in [0.5, 0.6) is 0 Å². The molecule has 8 heteroatoms. The quantitative estimate of drug-likeness (QED) is 0.472. The molecule has 0 aliphatic rings. The number of amides is 2. The summed E-state index contributed by atoms with van der Waals surface area (Å²) in [7, 11) is 0. The van der Waals surface area contributed by atoms with Gasteiger partial charge in [0.2, 0.25) is 5.91 Å². The predicted molar refractivity (Wildman–Crippen MR) is 111 cm³/mol. The van der Waals surface area contributed by atoms with Crippen molar-refractivity contribution in [1.82, 2.24) is 10.6 Å². The van der Waals surface area contributed by atoms with Crippen LogP contribution in [0.3, 0.4) is 0 Å². The molecule has 0 aliphatic carbocycles. The fourth-order valence-corrected chi connectivity index (χ4v) is 3.10. The minimum atomic E-state index is -0.670. The first kappa shape index (κ1) is 20.3. The van der Waals surface area contributed by atoms with E-state index in [-0.39, 0.29) is 34.8 Å². The van der Waals surface area contributed by atoms with Gasteiger partial charge in [-0.1, -0.05) is 48.0 Å². The van der Waals surface area contributed by atoms with Gasteiger partial charge in [0, 0.05) is 11.6 Å². The van der Waals surface area contributed by atoms with E-state index in [0.29, 0.717) is 0 Å². The van der Waals surface area contributed by atoms with Gasteiger partial charge in [-0.05, 0) is 41.5 Å². The van der Waals surface area contributed by atoms with E-state index in [1.807, 2.05) is 49.4 Å². The van der Waals surface area contributed by atoms with Crippen LogP contribution in [0.4, 0.5) is 5.69 Å². The lowest BCUT2D eigenvalue weighted by Gasteiger charge is -2.15. The molecule has 1 atom stereocenters. The van der Waals surface area contributed by atoms with Crippen molar-refractivity contribution in [3.63, 3.8) is 0 Å². The number of fused-ring (bicyclic) bond motifs is 1. The second kappa shape index (κ2) is 8.70. The van der Waals surface area contributed by atoms with Crippen molar-refractivity contribution in [3.8, 4) is 0 Å². The molecule has 0 spiro atoms. The molecule has 3 aromatic rings. The molecule has 0 aromatic heterocycles. The molecule has 148 valence electrons. The minimum Gasteiger partial charge on any atom is -0.348 e. The Hall–Kier alpha value is -3.45. The molecule has 3 aromatic carbocycles. The van der Waals surface area contributed by atoms with Crippen LogP contribution in [0, 0.1) is 10.1 Å². The highest BCUT2D eigenvalue weighted by Gasteiger charge is 2.17. The molecule has 0 aliphatic heterocycles. The molecule has 2 N–H and O–H groups in total. The number of halogens is 1. The fourth-order valence-electron chi connectivity index (χ4n) is 2.91. The molecule has 0 unspecified atom stereocenters. The summed E-state index contributed by atoms with van der Waals surface area (Å²) in [5.74, 6) is -0.972. The highest BCUT2D eigenvalue weighted by Crippen LogP contribution is 2.25. The molecule has 29 heavy (non-hydrogen) atoms. The number of rotatable bonds is 6. The van der Waals surface area contributed by atoms with Crippen molar-refractivity contribution in [2.45, 2.75) is 13.0 Å². The maximum Gasteiger partial charge on any atom is 0.288 e. The Morgan fingerprint density at radius 2 is 1.79 bits per heavy atom. The molecule has 0 heterocycles. The third kappa shape index (κ3) is 4.89. The van der Waals surface area contributed by atoms with E-state index in [1.165, 1.54) is 12.1 Å². The lowest BCUT2D eigenvalue weighted by Crippen LogP contribution is -2.38. The number of nitro groups is 1. The van der Waals surface area contributed by atoms with Gasteiger partial charge in [0.1, 0.15) is 5.02 Å². The number of benzene rings is 3. The summed E-state index contributed by atoms with van der Waals surface area (Å²) in [5, 5.41) is 18.3. The minimum absolute atomic E-state index is 0.0523. The lowest BCUT2D eigenvalue weighted by atomic mass is 10.0. The zero-order valence-electron chi connectivity index (χ0n) is 15.5. The molecule has 0 saturated carbocycles. The Morgan fingerprint density at radius 3 is 2.52 bits per heavy atom. The second-order valence-electron chi connectivity index (χ2n) is 6.50. The number of nitrogens with zero attached hydrogens (tertiary/aromatic N) is 1. The largest absolute Gasteiger partial charge is 0.348 e. The van der Waals surface area contributed by atoms with Crippen LogP contribution in [0.2, 0.25) is 5.02 Å². The summed E-state index contributed by atoms with van der Waals surface area (Å²) in [6.45, 7) is 1.60. The van der Waals surface area contributed by atoms with E-state index in [9.17, 15) is 19.7 Å². The Morgan fingerprint density at radius 1 is 1.07 bits per heavy atom. The number of carbonyl (C=O) groups excluding carboxylic acids is 2. The van der Waals surface area contributed by atoms with E-state index in [0.717, 1.165) is 22.4 Å². The summed E-state index contributed by atoms with van der Waals surface area (Å²) < 4.78 is 0. The summed E-state index contributed by atoms with van der Waals surface area (Å²) >= 11 is 5.74. The van der Waals surface area contributed by atoms with Gasteiger partial charge in [0.15, 0.2) is 0 Å². The van der Waals surface area contributed by atoms with Crippen LogP contribution in [0.15, 0.2) is 60.7 Å². The van der Waals surface area contributed by atoms with Crippen molar-refractivity contribution in [3.05, 3.63) is 86.9 Å². The number of hydrogen-bond donors (Lipinski definition) is 2. The summed E-state index contributed by atoms with van der Waals surface area (Å²) in [6.07, 6.45) is 0. The summed E-state index contributed by atoms with van der Waals surface area (Å²) in [5.41, 5.74) is 0.627. The van der Waals surface area contributed by atoms with E-state index < -0.39 is 10.8 Å². The van der Waals surface area contributed by atoms with Crippen molar-refractivity contribution in [2.24, 2.45) is 0 Å². The molecule has 3 rings (SSSR count). The first-order valence-corrected chi connectivity index (χ1v) is 9.23. The highest BCUT2D eigenvalue weighted by molar-refractivity contribution is 6.32. The Bertz CT molecular complexity index is 1100. The van der Waals surface area contributed by atoms with Crippen LogP contribution >= 0.6 is 11.6 Å². The smallest absolute Gasteiger partial charge is 0.288 e. The third-order valence-corrected chi connectivity index (χ3v) is 4.79. The van der Waals surface area contributed by atoms with E-state index in [4.69, 9.17) is 11.6 Å². The van der Waals surface area contributed by atoms with Gasteiger partial charge in [0.25, 0.3) is 11.6 Å². The molecular weight excluding hydrogens is 394 g/mol. The molecule has 2 amide bonds. The van der Waals surface area contributed by atoms with Gasteiger partial charge in [-0.25, -0.2) is 0 Å². The second-order valence-corrected chi connectivity index (χ2v) is 6.91. The lowest BCUT2D eigenvalue weighted by molar-refractivity contribution is -0.384. The third-order valence-electron chi connectivity index (χ3n) is 4.47. The molecule has 0 bridgehead atoms. The van der Waals surface area contributed by atoms with Crippen LogP contribution in [-0.2, 0) is 4.79 Å². The SMILES string of the molecule is C[C@H](NC(=O)CNC(=O)c1ccc(Cl)c([N+](=O)[O-])c1)c1ccc2ccccc2c1. The fraction of sp³-hybridized carbons (Fsp3) is 0.143. The van der Waals surface area contributed by atoms with Gasteiger partial charge in [-0.3, -0.25) is 19.7 Å². The zero-order valence-corrected chi connectivity index (χ0v) is 16.3. The van der Waals surface area contributed by atoms with E-state index >= 15 is 0 Å². The van der Waals surface area contributed by atoms with Gasteiger partial charge in [0.05, 0.1) is 17.5 Å². The zero-order chi connectivity index (χ0) is 21.0. The number of nitrogens with one attached hydrogen (secondary N) is 2. The molecule has 0 saturated heterocycles. The topological polar surface area (TPSA) is 101 Å². The van der Waals surface area contributed by atoms with Crippen LogP contribution in [-0.4, -0.2) is 23.3 Å². The Kier molecular flexibility index (Phi) is 6.09. The maximum absolute atomic E-state index is 12.2.